The Morgan fingerprint density at radius 1 is 1.19 bits per heavy atom. The summed E-state index contributed by atoms with van der Waals surface area (Å²) in [5, 5.41) is 10.8. The number of methoxy groups -OCH3 is 1. The molecule has 1 aliphatic carbocycles. The van der Waals surface area contributed by atoms with Gasteiger partial charge < -0.3 is 25.6 Å². The molecule has 1 aromatic rings. The van der Waals surface area contributed by atoms with Crippen molar-refractivity contribution < 1.29 is 9.53 Å². The molecule has 1 saturated carbocycles. The number of benzene rings is 1. The molecule has 5 unspecified atom stereocenters. The monoisotopic (exact) mass is 527 g/mol. The molecule has 3 saturated heterocycles. The summed E-state index contributed by atoms with van der Waals surface area (Å²) in [5.41, 5.74) is 2.15. The van der Waals surface area contributed by atoms with Crippen LogP contribution in [0.2, 0.25) is 5.02 Å². The van der Waals surface area contributed by atoms with Crippen LogP contribution in [0.1, 0.15) is 18.4 Å². The summed E-state index contributed by atoms with van der Waals surface area (Å²) in [6.45, 7) is 8.26. The van der Waals surface area contributed by atoms with Crippen LogP contribution in [0.25, 0.3) is 0 Å². The Hall–Kier alpha value is -2.20. The van der Waals surface area contributed by atoms with E-state index in [4.69, 9.17) is 26.3 Å². The maximum absolute atomic E-state index is 13.3. The van der Waals surface area contributed by atoms with E-state index in [0.717, 1.165) is 82.2 Å². The fourth-order valence-electron chi connectivity index (χ4n) is 6.01. The SMILES string of the molecule is COc1ccc(CC2NC2CC2=NC(N3CC4CC4C3)=NCC2C(=O)NCCN2CCNCC2)cc1Cl. The molecule has 1 amide bonds. The average Bonchev–Trinajstić information content (AvgIpc) is 3.80. The lowest BCUT2D eigenvalue weighted by Gasteiger charge is -2.28. The van der Waals surface area contributed by atoms with E-state index in [9.17, 15) is 4.79 Å². The molecule has 5 aliphatic rings. The molecule has 0 bridgehead atoms. The maximum atomic E-state index is 13.3. The van der Waals surface area contributed by atoms with Crippen molar-refractivity contribution in [3.05, 3.63) is 28.8 Å². The van der Waals surface area contributed by atoms with E-state index in [-0.39, 0.29) is 11.8 Å². The van der Waals surface area contributed by atoms with Crippen molar-refractivity contribution in [1.29, 1.82) is 0 Å². The number of guanidine groups is 1. The molecule has 10 heteroatoms. The normalized spacial score (nSPS) is 30.9. The van der Waals surface area contributed by atoms with E-state index in [2.05, 4.69) is 31.8 Å². The number of halogens is 1. The Balaban J connectivity index is 1.07. The number of hydrogen-bond acceptors (Lipinski definition) is 8. The molecule has 4 fully saturated rings. The minimum atomic E-state index is -0.289. The quantitative estimate of drug-likeness (QED) is 0.414. The highest BCUT2D eigenvalue weighted by atomic mass is 35.5. The summed E-state index contributed by atoms with van der Waals surface area (Å²) in [4.78, 5) is 27.8. The van der Waals surface area contributed by atoms with Crippen molar-refractivity contribution in [3.63, 3.8) is 0 Å². The number of aliphatic imine (C=N–C) groups is 2. The van der Waals surface area contributed by atoms with E-state index in [1.54, 1.807) is 7.11 Å². The number of rotatable bonds is 9. The summed E-state index contributed by atoms with van der Waals surface area (Å²) in [5.74, 6) is 2.93. The zero-order valence-corrected chi connectivity index (χ0v) is 22.3. The van der Waals surface area contributed by atoms with Gasteiger partial charge in [-0.1, -0.05) is 17.7 Å². The fraction of sp³-hybridized carbons (Fsp3) is 0.667. The molecule has 0 spiro atoms. The molecule has 6 rings (SSSR count). The Morgan fingerprint density at radius 3 is 2.73 bits per heavy atom. The van der Waals surface area contributed by atoms with Gasteiger partial charge in [0.15, 0.2) is 0 Å². The van der Waals surface area contributed by atoms with Gasteiger partial charge in [0.1, 0.15) is 5.75 Å². The van der Waals surface area contributed by atoms with Crippen molar-refractivity contribution >= 4 is 29.2 Å². The number of amides is 1. The number of ether oxygens (including phenoxy) is 1. The molecule has 9 nitrogen and oxygen atoms in total. The van der Waals surface area contributed by atoms with Crippen LogP contribution in [-0.2, 0) is 11.2 Å². The Morgan fingerprint density at radius 2 is 1.97 bits per heavy atom. The van der Waals surface area contributed by atoms with Crippen LogP contribution in [0, 0.1) is 17.8 Å². The second-order valence-electron chi connectivity index (χ2n) is 11.1. The van der Waals surface area contributed by atoms with Crippen LogP contribution < -0.4 is 20.7 Å². The van der Waals surface area contributed by atoms with Crippen molar-refractivity contribution in [3.8, 4) is 5.75 Å². The van der Waals surface area contributed by atoms with Crippen LogP contribution >= 0.6 is 11.6 Å². The molecule has 1 aromatic carbocycles. The van der Waals surface area contributed by atoms with Gasteiger partial charge in [-0.25, -0.2) is 9.98 Å². The van der Waals surface area contributed by atoms with Crippen molar-refractivity contribution in [2.75, 3.05) is 66.0 Å². The third-order valence-corrected chi connectivity index (χ3v) is 8.78. The fourth-order valence-corrected chi connectivity index (χ4v) is 6.29. The second kappa shape index (κ2) is 10.9. The lowest BCUT2D eigenvalue weighted by atomic mass is 9.95. The molecular formula is C27H38ClN7O2. The van der Waals surface area contributed by atoms with Gasteiger partial charge in [-0.15, -0.1) is 0 Å². The first kappa shape index (κ1) is 25.1. The number of fused-ring (bicyclic) bond motifs is 1. The zero-order chi connectivity index (χ0) is 25.4. The van der Waals surface area contributed by atoms with E-state index in [0.29, 0.717) is 35.9 Å². The van der Waals surface area contributed by atoms with Gasteiger partial charge in [0.05, 0.1) is 24.6 Å². The number of carbonyl (C=O) groups is 1. The number of carbonyl (C=O) groups excluding carboxylic acids is 1. The third-order valence-electron chi connectivity index (χ3n) is 8.48. The standard InChI is InChI=1S/C27H38ClN7O2/c1-37-25-3-2-17(10-21(25)28)11-23-24(32-23)13-22-20(26(36)30-6-9-34-7-4-29-5-8-34)14-31-27(33-22)35-15-18-12-19(18)16-35/h2-3,10,18-20,23-24,29,32H,4-9,11-16H2,1H3,(H,30,36). The van der Waals surface area contributed by atoms with Gasteiger partial charge >= 0.3 is 0 Å². The van der Waals surface area contributed by atoms with Crippen LogP contribution in [0.15, 0.2) is 28.2 Å². The molecular weight excluding hydrogens is 490 g/mol. The van der Waals surface area contributed by atoms with Crippen molar-refractivity contribution in [2.45, 2.75) is 31.3 Å². The first-order valence-electron chi connectivity index (χ1n) is 13.7. The van der Waals surface area contributed by atoms with E-state index in [1.807, 2.05) is 12.1 Å². The molecule has 3 N–H and O–H groups in total. The largest absolute Gasteiger partial charge is 0.495 e. The minimum absolute atomic E-state index is 0.0556. The number of piperidine rings is 1. The average molecular weight is 528 g/mol. The van der Waals surface area contributed by atoms with Gasteiger partial charge in [-0.05, 0) is 42.4 Å². The maximum Gasteiger partial charge on any atom is 0.230 e. The second-order valence-corrected chi connectivity index (χ2v) is 11.5. The highest BCUT2D eigenvalue weighted by Gasteiger charge is 2.47. The topological polar surface area (TPSA) is 104 Å². The zero-order valence-electron chi connectivity index (χ0n) is 21.6. The Bertz CT molecular complexity index is 1060. The van der Waals surface area contributed by atoms with E-state index < -0.39 is 0 Å². The summed E-state index contributed by atoms with van der Waals surface area (Å²) < 4.78 is 5.28. The van der Waals surface area contributed by atoms with Crippen LogP contribution in [0.5, 0.6) is 5.75 Å². The van der Waals surface area contributed by atoms with E-state index >= 15 is 0 Å². The van der Waals surface area contributed by atoms with Crippen LogP contribution in [0.4, 0.5) is 0 Å². The van der Waals surface area contributed by atoms with Gasteiger partial charge in [0, 0.05) is 76.6 Å². The lowest BCUT2D eigenvalue weighted by molar-refractivity contribution is -0.122. The van der Waals surface area contributed by atoms with Gasteiger partial charge in [0.2, 0.25) is 11.9 Å². The molecule has 200 valence electrons. The number of nitrogens with one attached hydrogen (secondary N) is 3. The summed E-state index contributed by atoms with van der Waals surface area (Å²) >= 11 is 6.33. The number of hydrogen-bond donors (Lipinski definition) is 3. The van der Waals surface area contributed by atoms with Crippen LogP contribution in [0.3, 0.4) is 0 Å². The molecule has 37 heavy (non-hydrogen) atoms. The molecule has 0 aromatic heterocycles. The number of nitrogens with zero attached hydrogens (tertiary/aromatic N) is 4. The first-order valence-corrected chi connectivity index (χ1v) is 14.1. The summed E-state index contributed by atoms with van der Waals surface area (Å²) in [6, 6.07) is 6.63. The summed E-state index contributed by atoms with van der Waals surface area (Å²) in [7, 11) is 1.63. The summed E-state index contributed by atoms with van der Waals surface area (Å²) in [6.07, 6.45) is 3.01. The van der Waals surface area contributed by atoms with Crippen molar-refractivity contribution in [1.82, 2.24) is 25.8 Å². The highest BCUT2D eigenvalue weighted by Crippen LogP contribution is 2.45. The van der Waals surface area contributed by atoms with Crippen molar-refractivity contribution in [2.24, 2.45) is 27.7 Å². The molecule has 0 radical (unpaired) electrons. The Labute approximate surface area is 224 Å². The Kier molecular flexibility index (Phi) is 7.38. The van der Waals surface area contributed by atoms with E-state index in [1.165, 1.54) is 12.0 Å². The molecule has 5 atom stereocenters. The van der Waals surface area contributed by atoms with Gasteiger partial charge in [-0.2, -0.15) is 0 Å². The smallest absolute Gasteiger partial charge is 0.230 e. The first-order chi connectivity index (χ1) is 18.1. The van der Waals surface area contributed by atoms with Gasteiger partial charge in [-0.3, -0.25) is 9.69 Å². The predicted molar refractivity (Wildman–Crippen MR) is 146 cm³/mol. The molecule has 4 heterocycles. The number of likely N-dealkylation sites (tertiary alicyclic amines) is 1. The minimum Gasteiger partial charge on any atom is -0.495 e. The highest BCUT2D eigenvalue weighted by molar-refractivity contribution is 6.32. The lowest BCUT2D eigenvalue weighted by Crippen LogP contribution is -2.48. The number of piperazine rings is 1. The predicted octanol–water partition coefficient (Wildman–Crippen LogP) is 1.02. The molecule has 4 aliphatic heterocycles. The third kappa shape index (κ3) is 5.95. The van der Waals surface area contributed by atoms with Crippen LogP contribution in [-0.4, -0.2) is 105 Å². The van der Waals surface area contributed by atoms with Gasteiger partial charge in [0.25, 0.3) is 0 Å².